The molecule has 0 saturated heterocycles. The maximum absolute atomic E-state index is 12.6. The number of carbonyl (C=O) groups excluding carboxylic acids is 1. The predicted molar refractivity (Wildman–Crippen MR) is 77.5 cm³/mol. The molecule has 1 aromatic heterocycles. The van der Waals surface area contributed by atoms with Crippen LogP contribution in [0.3, 0.4) is 0 Å². The van der Waals surface area contributed by atoms with E-state index in [2.05, 4.69) is 16.0 Å². The number of aryl methyl sites for hydroxylation is 1. The van der Waals surface area contributed by atoms with Gasteiger partial charge in [-0.3, -0.25) is 9.78 Å². The van der Waals surface area contributed by atoms with Crippen LogP contribution in [-0.2, 0) is 6.42 Å². The van der Waals surface area contributed by atoms with Crippen LogP contribution in [0.5, 0.6) is 0 Å². The Balaban J connectivity index is 1.99. The van der Waals surface area contributed by atoms with Crippen LogP contribution in [0.2, 0.25) is 0 Å². The van der Waals surface area contributed by atoms with Crippen LogP contribution in [0.4, 0.5) is 11.5 Å². The summed E-state index contributed by atoms with van der Waals surface area (Å²) >= 11 is 0. The molecule has 5 heteroatoms. The number of carbonyl (C=O) groups is 1. The van der Waals surface area contributed by atoms with E-state index in [1.807, 2.05) is 18.2 Å². The maximum Gasteiger partial charge on any atom is 0.278 e. The third-order valence-corrected chi connectivity index (χ3v) is 3.48. The molecule has 3 rings (SSSR count). The lowest BCUT2D eigenvalue weighted by Crippen LogP contribution is -2.32. The number of rotatable bonds is 1. The summed E-state index contributed by atoms with van der Waals surface area (Å²) in [5.74, 6) is 0.123. The zero-order valence-corrected chi connectivity index (χ0v) is 11.1. The third-order valence-electron chi connectivity index (χ3n) is 3.48. The summed E-state index contributed by atoms with van der Waals surface area (Å²) in [7, 11) is 0. The second-order valence-corrected chi connectivity index (χ2v) is 4.87. The third kappa shape index (κ3) is 2.34. The van der Waals surface area contributed by atoms with Crippen LogP contribution in [0.25, 0.3) is 0 Å². The number of hydrogen-bond donors (Lipinski definition) is 1. The highest BCUT2D eigenvalue weighted by Crippen LogP contribution is 2.27. The molecule has 0 unspecified atom stereocenters. The zero-order chi connectivity index (χ0) is 13.9. The van der Waals surface area contributed by atoms with Crippen LogP contribution < -0.4 is 10.6 Å². The first-order valence-corrected chi connectivity index (χ1v) is 6.73. The molecule has 2 N–H and O–H groups in total. The van der Waals surface area contributed by atoms with Crippen LogP contribution in [-0.4, -0.2) is 22.4 Å². The van der Waals surface area contributed by atoms with Gasteiger partial charge in [0.1, 0.15) is 11.5 Å². The molecule has 1 aromatic carbocycles. The van der Waals surface area contributed by atoms with Crippen molar-refractivity contribution in [1.29, 1.82) is 0 Å². The lowest BCUT2D eigenvalue weighted by Gasteiger charge is -2.22. The van der Waals surface area contributed by atoms with Crippen LogP contribution in [0, 0.1) is 0 Å². The standard InChI is InChI=1S/C15H16N4O/c16-14-10-17-9-12(18-14)15(20)19-8-4-3-6-11-5-1-2-7-13(11)19/h1-2,5,7,9-10H,3-4,6,8H2,(H2,16,18). The van der Waals surface area contributed by atoms with Gasteiger partial charge < -0.3 is 10.6 Å². The number of nitrogens with zero attached hydrogens (tertiary/aromatic N) is 3. The Morgan fingerprint density at radius 2 is 2.05 bits per heavy atom. The SMILES string of the molecule is Nc1cncc(C(=O)N2CCCCc3ccccc32)n1. The number of para-hydroxylation sites is 1. The first-order chi connectivity index (χ1) is 9.75. The Morgan fingerprint density at radius 3 is 2.90 bits per heavy atom. The van der Waals surface area contributed by atoms with E-state index in [-0.39, 0.29) is 11.7 Å². The summed E-state index contributed by atoms with van der Waals surface area (Å²) < 4.78 is 0. The molecule has 20 heavy (non-hydrogen) atoms. The molecule has 0 fully saturated rings. The quantitative estimate of drug-likeness (QED) is 0.859. The number of nitrogens with two attached hydrogens (primary N) is 1. The van der Waals surface area contributed by atoms with Crippen molar-refractivity contribution in [3.8, 4) is 0 Å². The maximum atomic E-state index is 12.6. The number of benzene rings is 1. The minimum atomic E-state index is -0.140. The molecule has 1 aliphatic rings. The fraction of sp³-hybridized carbons (Fsp3) is 0.267. The Labute approximate surface area is 117 Å². The smallest absolute Gasteiger partial charge is 0.278 e. The van der Waals surface area contributed by atoms with Gasteiger partial charge in [0, 0.05) is 12.2 Å². The number of nitrogen functional groups attached to an aromatic ring is 1. The average molecular weight is 268 g/mol. The van der Waals surface area contributed by atoms with E-state index in [1.165, 1.54) is 18.0 Å². The van der Waals surface area contributed by atoms with Crippen molar-refractivity contribution >= 4 is 17.4 Å². The molecule has 102 valence electrons. The first-order valence-electron chi connectivity index (χ1n) is 6.73. The van der Waals surface area contributed by atoms with E-state index in [1.54, 1.807) is 4.90 Å². The van der Waals surface area contributed by atoms with Gasteiger partial charge in [0.25, 0.3) is 5.91 Å². The number of fused-ring (bicyclic) bond motifs is 1. The normalized spacial score (nSPS) is 14.5. The summed E-state index contributed by atoms with van der Waals surface area (Å²) in [4.78, 5) is 22.4. The van der Waals surface area contributed by atoms with Crippen molar-refractivity contribution in [2.24, 2.45) is 0 Å². The summed E-state index contributed by atoms with van der Waals surface area (Å²) in [5.41, 5.74) is 8.08. The minimum Gasteiger partial charge on any atom is -0.382 e. The monoisotopic (exact) mass is 268 g/mol. The minimum absolute atomic E-state index is 0.140. The second-order valence-electron chi connectivity index (χ2n) is 4.87. The highest BCUT2D eigenvalue weighted by atomic mass is 16.2. The van der Waals surface area contributed by atoms with Gasteiger partial charge in [0.15, 0.2) is 0 Å². The lowest BCUT2D eigenvalue weighted by atomic mass is 10.1. The van der Waals surface area contributed by atoms with E-state index < -0.39 is 0 Å². The number of aromatic nitrogens is 2. The summed E-state index contributed by atoms with van der Waals surface area (Å²) in [6.45, 7) is 0.701. The molecule has 1 amide bonds. The fourth-order valence-electron chi connectivity index (χ4n) is 2.52. The van der Waals surface area contributed by atoms with Crippen LogP contribution >= 0.6 is 0 Å². The van der Waals surface area contributed by atoms with Crippen molar-refractivity contribution in [1.82, 2.24) is 9.97 Å². The summed E-state index contributed by atoms with van der Waals surface area (Å²) in [6, 6.07) is 8.02. The average Bonchev–Trinajstić information content (AvgIpc) is 2.69. The molecule has 0 bridgehead atoms. The number of amides is 1. The van der Waals surface area contributed by atoms with Gasteiger partial charge in [0.05, 0.1) is 12.4 Å². The van der Waals surface area contributed by atoms with Crippen molar-refractivity contribution in [3.63, 3.8) is 0 Å². The predicted octanol–water partition coefficient (Wildman–Crippen LogP) is 2.04. The van der Waals surface area contributed by atoms with Gasteiger partial charge >= 0.3 is 0 Å². The largest absolute Gasteiger partial charge is 0.382 e. The van der Waals surface area contributed by atoms with Crippen molar-refractivity contribution in [2.75, 3.05) is 17.2 Å². The van der Waals surface area contributed by atoms with E-state index in [0.29, 0.717) is 12.2 Å². The summed E-state index contributed by atoms with van der Waals surface area (Å²) in [6.07, 6.45) is 5.97. The fourth-order valence-corrected chi connectivity index (χ4v) is 2.52. The Morgan fingerprint density at radius 1 is 1.20 bits per heavy atom. The first kappa shape index (κ1) is 12.6. The van der Waals surface area contributed by atoms with Crippen molar-refractivity contribution < 1.29 is 4.79 Å². The molecular formula is C15H16N4O. The molecule has 0 aliphatic carbocycles. The van der Waals surface area contributed by atoms with Crippen molar-refractivity contribution in [3.05, 3.63) is 47.9 Å². The molecule has 0 saturated carbocycles. The van der Waals surface area contributed by atoms with E-state index in [0.717, 1.165) is 24.9 Å². The molecule has 2 heterocycles. The van der Waals surface area contributed by atoms with Gasteiger partial charge in [-0.25, -0.2) is 4.98 Å². The Hall–Kier alpha value is -2.43. The van der Waals surface area contributed by atoms with Gasteiger partial charge in [-0.2, -0.15) is 0 Å². The molecule has 5 nitrogen and oxygen atoms in total. The Bertz CT molecular complexity index is 641. The Kier molecular flexibility index (Phi) is 3.33. The molecule has 0 radical (unpaired) electrons. The summed E-state index contributed by atoms with van der Waals surface area (Å²) in [5, 5.41) is 0. The van der Waals surface area contributed by atoms with E-state index >= 15 is 0 Å². The molecule has 1 aliphatic heterocycles. The van der Waals surface area contributed by atoms with Crippen LogP contribution in [0.1, 0.15) is 28.9 Å². The number of hydrogen-bond acceptors (Lipinski definition) is 4. The van der Waals surface area contributed by atoms with Gasteiger partial charge in [-0.15, -0.1) is 0 Å². The topological polar surface area (TPSA) is 72.1 Å². The highest BCUT2D eigenvalue weighted by molar-refractivity contribution is 6.05. The molecule has 0 spiro atoms. The van der Waals surface area contributed by atoms with Gasteiger partial charge in [-0.1, -0.05) is 18.2 Å². The molecule has 0 atom stereocenters. The van der Waals surface area contributed by atoms with Crippen LogP contribution in [0.15, 0.2) is 36.7 Å². The molecular weight excluding hydrogens is 252 g/mol. The number of anilines is 2. The van der Waals surface area contributed by atoms with Crippen molar-refractivity contribution in [2.45, 2.75) is 19.3 Å². The van der Waals surface area contributed by atoms with Gasteiger partial charge in [0.2, 0.25) is 0 Å². The zero-order valence-electron chi connectivity index (χ0n) is 11.1. The molecule has 2 aromatic rings. The second kappa shape index (κ2) is 5.28. The van der Waals surface area contributed by atoms with E-state index in [9.17, 15) is 4.79 Å². The van der Waals surface area contributed by atoms with Gasteiger partial charge in [-0.05, 0) is 30.9 Å². The highest BCUT2D eigenvalue weighted by Gasteiger charge is 2.23. The lowest BCUT2D eigenvalue weighted by molar-refractivity contribution is 0.0982. The van der Waals surface area contributed by atoms with E-state index in [4.69, 9.17) is 5.73 Å².